The van der Waals surface area contributed by atoms with Crippen molar-refractivity contribution in [1.82, 2.24) is 9.97 Å². The van der Waals surface area contributed by atoms with Crippen LogP contribution in [-0.2, 0) is 16.0 Å². The number of esters is 1. The van der Waals surface area contributed by atoms with E-state index in [0.29, 0.717) is 18.2 Å². The molecule has 1 aromatic heterocycles. The van der Waals surface area contributed by atoms with Gasteiger partial charge in [0.2, 0.25) is 0 Å². The number of aromatic nitrogens is 2. The van der Waals surface area contributed by atoms with E-state index in [1.165, 1.54) is 44.8 Å². The van der Waals surface area contributed by atoms with E-state index in [1.54, 1.807) is 0 Å². The van der Waals surface area contributed by atoms with Crippen molar-refractivity contribution >= 4 is 5.97 Å². The Kier molecular flexibility index (Phi) is 7.50. The number of ether oxygens (including phenoxy) is 1. The molecule has 172 valence electrons. The molecule has 1 aliphatic carbocycles. The summed E-state index contributed by atoms with van der Waals surface area (Å²) in [4.78, 5) is 20.7. The fourth-order valence-electron chi connectivity index (χ4n) is 4.76. The van der Waals surface area contributed by atoms with Crippen LogP contribution in [0.15, 0.2) is 60.9 Å². The normalized spacial score (nSPS) is 19.1. The highest BCUT2D eigenvalue weighted by Crippen LogP contribution is 2.37. The smallest absolute Gasteiger partial charge is 0.322 e. The summed E-state index contributed by atoms with van der Waals surface area (Å²) < 4.78 is 4.69. The highest BCUT2D eigenvalue weighted by atomic mass is 16.5. The molecule has 33 heavy (non-hydrogen) atoms. The van der Waals surface area contributed by atoms with E-state index in [1.807, 2.05) is 36.7 Å². The van der Waals surface area contributed by atoms with Gasteiger partial charge in [-0.1, -0.05) is 61.9 Å². The predicted molar refractivity (Wildman–Crippen MR) is 132 cm³/mol. The molecule has 0 unspecified atom stereocenters. The van der Waals surface area contributed by atoms with Gasteiger partial charge < -0.3 is 10.5 Å². The molecule has 1 atom stereocenters. The van der Waals surface area contributed by atoms with Gasteiger partial charge in [0.1, 0.15) is 6.04 Å². The van der Waals surface area contributed by atoms with Gasteiger partial charge >= 0.3 is 5.97 Å². The number of carbonyl (C=O) groups is 1. The second-order valence-corrected chi connectivity index (χ2v) is 9.07. The number of nitrogens with two attached hydrogens (primary N) is 1. The third kappa shape index (κ3) is 5.66. The summed E-state index contributed by atoms with van der Waals surface area (Å²) in [6, 6.07) is 16.1. The van der Waals surface area contributed by atoms with Gasteiger partial charge in [-0.2, -0.15) is 0 Å². The van der Waals surface area contributed by atoms with E-state index in [-0.39, 0.29) is 0 Å². The molecule has 2 N–H and O–H groups in total. The minimum Gasteiger partial charge on any atom is -0.468 e. The first kappa shape index (κ1) is 23.1. The second kappa shape index (κ2) is 10.7. The van der Waals surface area contributed by atoms with E-state index < -0.39 is 12.0 Å². The van der Waals surface area contributed by atoms with E-state index >= 15 is 0 Å². The number of rotatable bonds is 7. The van der Waals surface area contributed by atoms with Gasteiger partial charge in [-0.05, 0) is 60.6 Å². The zero-order valence-electron chi connectivity index (χ0n) is 19.5. The van der Waals surface area contributed by atoms with Crippen LogP contribution in [-0.4, -0.2) is 29.1 Å². The van der Waals surface area contributed by atoms with Crippen LogP contribution in [0, 0.1) is 5.92 Å². The Morgan fingerprint density at radius 1 is 0.939 bits per heavy atom. The van der Waals surface area contributed by atoms with Crippen molar-refractivity contribution < 1.29 is 9.53 Å². The van der Waals surface area contributed by atoms with Crippen molar-refractivity contribution in [3.63, 3.8) is 0 Å². The third-order valence-electron chi connectivity index (χ3n) is 6.96. The molecule has 0 saturated heterocycles. The molecular formula is C28H33N3O2. The van der Waals surface area contributed by atoms with Crippen LogP contribution in [0.5, 0.6) is 0 Å². The number of hydrogen-bond donors (Lipinski definition) is 1. The van der Waals surface area contributed by atoms with Gasteiger partial charge in [0.15, 0.2) is 5.82 Å². The fourth-order valence-corrected chi connectivity index (χ4v) is 4.76. The molecule has 5 nitrogen and oxygen atoms in total. The first-order valence-electron chi connectivity index (χ1n) is 11.9. The SMILES string of the molecule is CCC1CCC(c2ccc(-c3cnc(-c4ccc(C[C@H](N)C(=O)OC)cc4)nc3)cc2)CC1. The lowest BCUT2D eigenvalue weighted by Gasteiger charge is -2.28. The van der Waals surface area contributed by atoms with Crippen LogP contribution >= 0.6 is 0 Å². The predicted octanol–water partition coefficient (Wildman–Crippen LogP) is 5.54. The number of hydrogen-bond acceptors (Lipinski definition) is 5. The largest absolute Gasteiger partial charge is 0.468 e. The first-order chi connectivity index (χ1) is 16.1. The van der Waals surface area contributed by atoms with Gasteiger partial charge in [-0.3, -0.25) is 4.79 Å². The fraction of sp³-hybridized carbons (Fsp3) is 0.393. The van der Waals surface area contributed by atoms with Gasteiger partial charge in [0.25, 0.3) is 0 Å². The van der Waals surface area contributed by atoms with Gasteiger partial charge in [-0.25, -0.2) is 9.97 Å². The Labute approximate surface area is 196 Å². The lowest BCUT2D eigenvalue weighted by Crippen LogP contribution is -2.33. The molecule has 4 rings (SSSR count). The van der Waals surface area contributed by atoms with Crippen molar-refractivity contribution in [3.05, 3.63) is 72.1 Å². The summed E-state index contributed by atoms with van der Waals surface area (Å²) in [6.07, 6.45) is 10.8. The van der Waals surface area contributed by atoms with Crippen LogP contribution < -0.4 is 5.73 Å². The summed E-state index contributed by atoms with van der Waals surface area (Å²) in [6.45, 7) is 2.31. The molecule has 0 radical (unpaired) electrons. The average Bonchev–Trinajstić information content (AvgIpc) is 2.89. The Morgan fingerprint density at radius 3 is 2.12 bits per heavy atom. The van der Waals surface area contributed by atoms with Gasteiger partial charge in [0.05, 0.1) is 7.11 Å². The molecule has 5 heteroatoms. The van der Waals surface area contributed by atoms with Crippen LogP contribution in [0.2, 0.25) is 0 Å². The van der Waals surface area contributed by atoms with Crippen molar-refractivity contribution in [3.8, 4) is 22.5 Å². The molecule has 1 saturated carbocycles. The maximum Gasteiger partial charge on any atom is 0.322 e. The maximum absolute atomic E-state index is 11.5. The summed E-state index contributed by atoms with van der Waals surface area (Å²) in [5.41, 5.74) is 11.3. The second-order valence-electron chi connectivity index (χ2n) is 9.07. The van der Waals surface area contributed by atoms with E-state index in [9.17, 15) is 4.79 Å². The van der Waals surface area contributed by atoms with Crippen molar-refractivity contribution in [2.75, 3.05) is 7.11 Å². The Bertz CT molecular complexity index is 1040. The molecule has 0 bridgehead atoms. The molecule has 0 aliphatic heterocycles. The summed E-state index contributed by atoms with van der Waals surface area (Å²) >= 11 is 0. The molecule has 0 amide bonds. The summed E-state index contributed by atoms with van der Waals surface area (Å²) in [5, 5.41) is 0. The van der Waals surface area contributed by atoms with Crippen molar-refractivity contribution in [2.24, 2.45) is 11.7 Å². The molecule has 1 aliphatic rings. The van der Waals surface area contributed by atoms with E-state index in [2.05, 4.69) is 45.9 Å². The van der Waals surface area contributed by atoms with Crippen molar-refractivity contribution in [2.45, 2.75) is 57.4 Å². The Hall–Kier alpha value is -3.05. The quantitative estimate of drug-likeness (QED) is 0.485. The zero-order valence-corrected chi connectivity index (χ0v) is 19.5. The number of benzene rings is 2. The van der Waals surface area contributed by atoms with E-state index in [4.69, 9.17) is 5.73 Å². The molecule has 2 aromatic carbocycles. The highest BCUT2D eigenvalue weighted by Gasteiger charge is 2.21. The summed E-state index contributed by atoms with van der Waals surface area (Å²) in [7, 11) is 1.35. The van der Waals surface area contributed by atoms with E-state index in [0.717, 1.165) is 28.2 Å². The average molecular weight is 444 g/mol. The Morgan fingerprint density at radius 2 is 1.55 bits per heavy atom. The molecule has 0 spiro atoms. The monoisotopic (exact) mass is 443 g/mol. The lowest BCUT2D eigenvalue weighted by molar-refractivity contribution is -0.142. The number of carbonyl (C=O) groups excluding carboxylic acids is 1. The number of nitrogens with zero attached hydrogens (tertiary/aromatic N) is 2. The maximum atomic E-state index is 11.5. The minimum absolute atomic E-state index is 0.407. The van der Waals surface area contributed by atoms with Crippen LogP contribution in [0.4, 0.5) is 0 Å². The van der Waals surface area contributed by atoms with Crippen LogP contribution in [0.1, 0.15) is 56.1 Å². The number of methoxy groups -OCH3 is 1. The Balaban J connectivity index is 1.39. The van der Waals surface area contributed by atoms with Crippen molar-refractivity contribution in [1.29, 1.82) is 0 Å². The molecule has 3 aromatic rings. The first-order valence-corrected chi connectivity index (χ1v) is 11.9. The highest BCUT2D eigenvalue weighted by molar-refractivity contribution is 5.75. The summed E-state index contributed by atoms with van der Waals surface area (Å²) in [5.74, 6) is 1.89. The molecule has 1 heterocycles. The lowest BCUT2D eigenvalue weighted by atomic mass is 9.78. The standard InChI is InChI=1S/C28H33N3O2/c1-3-19-4-8-21(9-5-19)22-12-14-23(15-13-22)25-17-30-27(31-18-25)24-10-6-20(7-11-24)16-26(29)28(32)33-2/h6-7,10-15,17-19,21,26H,3-5,8-9,16,29H2,1-2H3/t19?,21?,26-/m0/s1. The van der Waals surface area contributed by atoms with Gasteiger partial charge in [0, 0.05) is 23.5 Å². The molecular weight excluding hydrogens is 410 g/mol. The third-order valence-corrected chi connectivity index (χ3v) is 6.96. The zero-order chi connectivity index (χ0) is 23.2. The van der Waals surface area contributed by atoms with Crippen LogP contribution in [0.3, 0.4) is 0 Å². The topological polar surface area (TPSA) is 78.1 Å². The van der Waals surface area contributed by atoms with Crippen LogP contribution in [0.25, 0.3) is 22.5 Å². The van der Waals surface area contributed by atoms with Gasteiger partial charge in [-0.15, -0.1) is 0 Å². The molecule has 1 fully saturated rings. The minimum atomic E-state index is -0.658.